The molecule has 106 valence electrons. The number of rotatable bonds is 4. The molecule has 0 bridgehead atoms. The normalized spacial score (nSPS) is 12.2. The maximum Gasteiger partial charge on any atom is 0.133 e. The SMILES string of the molecule is CCOc1ccc(C(Cl)c2ccc(F)cc2C)cc1Br. The van der Waals surface area contributed by atoms with Crippen LogP contribution in [0.3, 0.4) is 0 Å². The lowest BCUT2D eigenvalue weighted by Crippen LogP contribution is -1.98. The number of halogens is 3. The van der Waals surface area contributed by atoms with Crippen molar-refractivity contribution < 1.29 is 9.13 Å². The number of aryl methyl sites for hydroxylation is 1. The van der Waals surface area contributed by atoms with Gasteiger partial charge in [-0.25, -0.2) is 4.39 Å². The summed E-state index contributed by atoms with van der Waals surface area (Å²) in [6.07, 6.45) is 0. The Morgan fingerprint density at radius 3 is 2.60 bits per heavy atom. The Labute approximate surface area is 131 Å². The van der Waals surface area contributed by atoms with Gasteiger partial charge in [-0.1, -0.05) is 12.1 Å². The summed E-state index contributed by atoms with van der Waals surface area (Å²) in [6.45, 7) is 4.41. The Bertz CT molecular complexity index is 615. The summed E-state index contributed by atoms with van der Waals surface area (Å²) in [6, 6.07) is 10.4. The summed E-state index contributed by atoms with van der Waals surface area (Å²) in [5.41, 5.74) is 2.69. The molecule has 0 N–H and O–H groups in total. The number of hydrogen-bond donors (Lipinski definition) is 0. The van der Waals surface area contributed by atoms with Gasteiger partial charge in [-0.3, -0.25) is 0 Å². The van der Waals surface area contributed by atoms with Gasteiger partial charge in [0.15, 0.2) is 0 Å². The van der Waals surface area contributed by atoms with Crippen LogP contribution in [0.4, 0.5) is 4.39 Å². The number of ether oxygens (including phenoxy) is 1. The van der Waals surface area contributed by atoms with Gasteiger partial charge in [-0.05, 0) is 70.7 Å². The lowest BCUT2D eigenvalue weighted by molar-refractivity contribution is 0.338. The molecule has 1 nitrogen and oxygen atoms in total. The zero-order valence-electron chi connectivity index (χ0n) is 11.3. The summed E-state index contributed by atoms with van der Waals surface area (Å²) in [4.78, 5) is 0. The molecule has 0 aromatic heterocycles. The first-order valence-corrected chi connectivity index (χ1v) is 7.58. The Hall–Kier alpha value is -1.06. The second-order valence-corrected chi connectivity index (χ2v) is 5.78. The summed E-state index contributed by atoms with van der Waals surface area (Å²) in [5, 5.41) is -0.317. The molecule has 0 amide bonds. The van der Waals surface area contributed by atoms with Crippen LogP contribution in [0, 0.1) is 12.7 Å². The molecule has 0 spiro atoms. The van der Waals surface area contributed by atoms with Crippen molar-refractivity contribution in [3.05, 3.63) is 63.4 Å². The standard InChI is InChI=1S/C16H15BrClFO/c1-3-20-15-7-4-11(9-14(15)17)16(18)13-6-5-12(19)8-10(13)2/h4-9,16H,3H2,1-2H3. The third-order valence-corrected chi connectivity index (χ3v) is 4.16. The molecule has 0 radical (unpaired) electrons. The summed E-state index contributed by atoms with van der Waals surface area (Å²) in [5.74, 6) is 0.541. The van der Waals surface area contributed by atoms with Gasteiger partial charge in [0.25, 0.3) is 0 Å². The third kappa shape index (κ3) is 3.33. The zero-order chi connectivity index (χ0) is 14.7. The van der Waals surface area contributed by atoms with Crippen molar-refractivity contribution >= 4 is 27.5 Å². The lowest BCUT2D eigenvalue weighted by Gasteiger charge is -2.15. The van der Waals surface area contributed by atoms with Gasteiger partial charge >= 0.3 is 0 Å². The third-order valence-electron chi connectivity index (χ3n) is 3.05. The van der Waals surface area contributed by atoms with Gasteiger partial charge in [-0.2, -0.15) is 0 Å². The molecule has 0 saturated carbocycles. The zero-order valence-corrected chi connectivity index (χ0v) is 13.6. The van der Waals surface area contributed by atoms with Gasteiger partial charge in [0, 0.05) is 0 Å². The Kier molecular flexibility index (Phi) is 5.06. The van der Waals surface area contributed by atoms with E-state index in [1.54, 1.807) is 6.07 Å². The highest BCUT2D eigenvalue weighted by Crippen LogP contribution is 2.35. The van der Waals surface area contributed by atoms with Crippen molar-refractivity contribution in [1.29, 1.82) is 0 Å². The largest absolute Gasteiger partial charge is 0.493 e. The highest BCUT2D eigenvalue weighted by atomic mass is 79.9. The van der Waals surface area contributed by atoms with Gasteiger partial charge in [0.1, 0.15) is 11.6 Å². The van der Waals surface area contributed by atoms with E-state index in [9.17, 15) is 4.39 Å². The van der Waals surface area contributed by atoms with E-state index in [4.69, 9.17) is 16.3 Å². The molecule has 0 aliphatic carbocycles. The minimum Gasteiger partial charge on any atom is -0.493 e. The van der Waals surface area contributed by atoms with Crippen molar-refractivity contribution in [1.82, 2.24) is 0 Å². The molecule has 1 atom stereocenters. The molecule has 2 aromatic rings. The fourth-order valence-corrected chi connectivity index (χ4v) is 2.94. The van der Waals surface area contributed by atoms with Crippen molar-refractivity contribution in [3.63, 3.8) is 0 Å². The maximum absolute atomic E-state index is 13.1. The van der Waals surface area contributed by atoms with Crippen molar-refractivity contribution in [3.8, 4) is 5.75 Å². The predicted molar refractivity (Wildman–Crippen MR) is 84.1 cm³/mol. The second-order valence-electron chi connectivity index (χ2n) is 4.49. The van der Waals surface area contributed by atoms with E-state index in [0.29, 0.717) is 6.61 Å². The first-order valence-electron chi connectivity index (χ1n) is 6.35. The number of benzene rings is 2. The maximum atomic E-state index is 13.1. The lowest BCUT2D eigenvalue weighted by atomic mass is 10.00. The average molecular weight is 358 g/mol. The average Bonchev–Trinajstić information content (AvgIpc) is 2.40. The highest BCUT2D eigenvalue weighted by molar-refractivity contribution is 9.10. The molecule has 1 unspecified atom stereocenters. The molecule has 0 fully saturated rings. The van der Waals surface area contributed by atoms with Crippen LogP contribution in [0.5, 0.6) is 5.75 Å². The van der Waals surface area contributed by atoms with E-state index < -0.39 is 0 Å². The van der Waals surface area contributed by atoms with Crippen molar-refractivity contribution in [2.24, 2.45) is 0 Å². The summed E-state index contributed by atoms with van der Waals surface area (Å²) in [7, 11) is 0. The smallest absolute Gasteiger partial charge is 0.133 e. The minimum absolute atomic E-state index is 0.247. The summed E-state index contributed by atoms with van der Waals surface area (Å²) >= 11 is 9.98. The van der Waals surface area contributed by atoms with E-state index >= 15 is 0 Å². The van der Waals surface area contributed by atoms with E-state index in [-0.39, 0.29) is 11.2 Å². The predicted octanol–water partition coefficient (Wildman–Crippen LogP) is 5.62. The fraction of sp³-hybridized carbons (Fsp3) is 0.250. The Balaban J connectivity index is 2.33. The van der Waals surface area contributed by atoms with Crippen molar-refractivity contribution in [2.45, 2.75) is 19.2 Å². The minimum atomic E-state index is -0.317. The molecular formula is C16H15BrClFO. The van der Waals surface area contributed by atoms with Crippen LogP contribution in [-0.4, -0.2) is 6.61 Å². The molecule has 0 aliphatic heterocycles. The van der Waals surface area contributed by atoms with Gasteiger partial charge in [0.2, 0.25) is 0 Å². The van der Waals surface area contributed by atoms with Gasteiger partial charge < -0.3 is 4.74 Å². The molecule has 0 saturated heterocycles. The van der Waals surface area contributed by atoms with E-state index in [2.05, 4.69) is 15.9 Å². The van der Waals surface area contributed by atoms with E-state index in [1.807, 2.05) is 32.0 Å². The quantitative estimate of drug-likeness (QED) is 0.645. The molecule has 2 aromatic carbocycles. The molecule has 4 heteroatoms. The van der Waals surface area contributed by atoms with E-state index in [0.717, 1.165) is 26.9 Å². The molecule has 20 heavy (non-hydrogen) atoms. The van der Waals surface area contributed by atoms with Crippen LogP contribution in [0.25, 0.3) is 0 Å². The summed E-state index contributed by atoms with van der Waals surface area (Å²) < 4.78 is 19.5. The molecule has 0 aliphatic rings. The van der Waals surface area contributed by atoms with Crippen LogP contribution in [0.15, 0.2) is 40.9 Å². The second kappa shape index (κ2) is 6.59. The Morgan fingerprint density at radius 2 is 2.00 bits per heavy atom. The Morgan fingerprint density at radius 1 is 1.25 bits per heavy atom. The van der Waals surface area contributed by atoms with Gasteiger partial charge in [0.05, 0.1) is 16.5 Å². The van der Waals surface area contributed by atoms with Crippen LogP contribution in [0.1, 0.15) is 29.0 Å². The first-order chi connectivity index (χ1) is 9.52. The van der Waals surface area contributed by atoms with Gasteiger partial charge in [-0.15, -0.1) is 11.6 Å². The number of hydrogen-bond acceptors (Lipinski definition) is 1. The highest BCUT2D eigenvalue weighted by Gasteiger charge is 2.15. The number of alkyl halides is 1. The van der Waals surface area contributed by atoms with Crippen LogP contribution >= 0.6 is 27.5 Å². The molecule has 0 heterocycles. The van der Waals surface area contributed by atoms with Crippen LogP contribution < -0.4 is 4.74 Å². The molecular weight excluding hydrogens is 343 g/mol. The fourth-order valence-electron chi connectivity index (χ4n) is 2.05. The topological polar surface area (TPSA) is 9.23 Å². The molecule has 2 rings (SSSR count). The van der Waals surface area contributed by atoms with Crippen molar-refractivity contribution in [2.75, 3.05) is 6.61 Å². The van der Waals surface area contributed by atoms with E-state index in [1.165, 1.54) is 12.1 Å². The monoisotopic (exact) mass is 356 g/mol. The van der Waals surface area contributed by atoms with Crippen LogP contribution in [-0.2, 0) is 0 Å². The first kappa shape index (κ1) is 15.3. The van der Waals surface area contributed by atoms with Crippen LogP contribution in [0.2, 0.25) is 0 Å².